The molecule has 33 heavy (non-hydrogen) atoms. The van der Waals surface area contributed by atoms with E-state index < -0.39 is 32.0 Å². The van der Waals surface area contributed by atoms with Gasteiger partial charge in [-0.3, -0.25) is 4.79 Å². The fourth-order valence-corrected chi connectivity index (χ4v) is 4.85. The van der Waals surface area contributed by atoms with E-state index in [0.29, 0.717) is 10.6 Å². The van der Waals surface area contributed by atoms with Crippen molar-refractivity contribution in [3.8, 4) is 0 Å². The molecule has 0 spiro atoms. The summed E-state index contributed by atoms with van der Waals surface area (Å²) in [5.41, 5.74) is 1.39. The molecule has 0 bridgehead atoms. The minimum atomic E-state index is -4.00. The molecule has 0 saturated carbocycles. The maximum absolute atomic E-state index is 12.9. The Balaban J connectivity index is 1.77. The number of carbonyl (C=O) groups excluding carboxylic acids is 1. The van der Waals surface area contributed by atoms with E-state index in [1.807, 2.05) is 6.07 Å². The largest absolute Gasteiger partial charge is 0.351 e. The van der Waals surface area contributed by atoms with E-state index in [4.69, 9.17) is 16.7 Å². The van der Waals surface area contributed by atoms with Crippen LogP contribution in [0.3, 0.4) is 0 Å². The molecule has 11 heteroatoms. The van der Waals surface area contributed by atoms with Gasteiger partial charge in [0.15, 0.2) is 0 Å². The molecule has 4 N–H and O–H groups in total. The number of amides is 1. The lowest BCUT2D eigenvalue weighted by Gasteiger charge is -2.19. The van der Waals surface area contributed by atoms with E-state index in [2.05, 4.69) is 10.0 Å². The zero-order chi connectivity index (χ0) is 24.1. The average Bonchev–Trinajstić information content (AvgIpc) is 2.77. The van der Waals surface area contributed by atoms with Crippen LogP contribution in [0.15, 0.2) is 88.7 Å². The lowest BCUT2D eigenvalue weighted by atomic mass is 10.1. The van der Waals surface area contributed by atoms with Crippen molar-refractivity contribution in [2.75, 3.05) is 0 Å². The van der Waals surface area contributed by atoms with Crippen molar-refractivity contribution in [2.24, 2.45) is 5.14 Å². The van der Waals surface area contributed by atoms with Crippen molar-refractivity contribution in [1.82, 2.24) is 10.0 Å². The van der Waals surface area contributed by atoms with Gasteiger partial charge < -0.3 is 5.32 Å². The predicted molar refractivity (Wildman–Crippen MR) is 125 cm³/mol. The molecule has 0 saturated heterocycles. The van der Waals surface area contributed by atoms with Crippen LogP contribution in [-0.2, 0) is 37.8 Å². The van der Waals surface area contributed by atoms with Gasteiger partial charge in [-0.2, -0.15) is 4.72 Å². The van der Waals surface area contributed by atoms with Crippen LogP contribution in [0.1, 0.15) is 11.1 Å². The molecule has 174 valence electrons. The van der Waals surface area contributed by atoms with Crippen LogP contribution < -0.4 is 15.2 Å². The minimum absolute atomic E-state index is 0.0173. The quantitative estimate of drug-likeness (QED) is 0.408. The van der Waals surface area contributed by atoms with Crippen LogP contribution in [-0.4, -0.2) is 28.8 Å². The van der Waals surface area contributed by atoms with E-state index in [9.17, 15) is 21.6 Å². The molecule has 3 rings (SSSR count). The second-order valence-corrected chi connectivity index (χ2v) is 10.9. The van der Waals surface area contributed by atoms with E-state index >= 15 is 0 Å². The van der Waals surface area contributed by atoms with Gasteiger partial charge in [-0.15, -0.1) is 0 Å². The summed E-state index contributed by atoms with van der Waals surface area (Å²) >= 11 is 5.84. The minimum Gasteiger partial charge on any atom is -0.351 e. The van der Waals surface area contributed by atoms with Crippen molar-refractivity contribution in [1.29, 1.82) is 0 Å². The van der Waals surface area contributed by atoms with Crippen LogP contribution in [0.5, 0.6) is 0 Å². The summed E-state index contributed by atoms with van der Waals surface area (Å²) in [5.74, 6) is -0.535. The number of nitrogens with one attached hydrogen (secondary N) is 2. The lowest BCUT2D eigenvalue weighted by molar-refractivity contribution is -0.122. The van der Waals surface area contributed by atoms with E-state index in [-0.39, 0.29) is 22.8 Å². The van der Waals surface area contributed by atoms with Crippen molar-refractivity contribution < 1.29 is 21.6 Å². The Hall–Kier alpha value is -2.76. The molecule has 0 radical (unpaired) electrons. The summed E-state index contributed by atoms with van der Waals surface area (Å²) in [5, 5.41) is 8.17. The SMILES string of the molecule is NS(=O)(=O)c1ccc(CNC(=O)C(Cc2ccccc2)NS(=O)(=O)c2ccc(Cl)cc2)cc1. The van der Waals surface area contributed by atoms with Gasteiger partial charge in [0.05, 0.1) is 9.79 Å². The van der Waals surface area contributed by atoms with Gasteiger partial charge in [0.1, 0.15) is 6.04 Å². The third-order valence-corrected chi connectivity index (χ3v) is 7.41. The number of nitrogens with two attached hydrogens (primary N) is 1. The zero-order valence-corrected chi connectivity index (χ0v) is 19.7. The number of primary sulfonamides is 1. The van der Waals surface area contributed by atoms with Gasteiger partial charge in [0.25, 0.3) is 0 Å². The molecule has 0 aliphatic rings. The highest BCUT2D eigenvalue weighted by Crippen LogP contribution is 2.15. The number of hydrogen-bond donors (Lipinski definition) is 3. The first-order valence-electron chi connectivity index (χ1n) is 9.76. The van der Waals surface area contributed by atoms with Gasteiger partial charge in [-0.1, -0.05) is 54.1 Å². The molecule has 0 fully saturated rings. The molecule has 0 heterocycles. The Morgan fingerprint density at radius 1 is 0.818 bits per heavy atom. The molecule has 1 atom stereocenters. The highest BCUT2D eigenvalue weighted by atomic mass is 35.5. The molecular formula is C22H22ClN3O5S2. The monoisotopic (exact) mass is 507 g/mol. The fraction of sp³-hybridized carbons (Fsp3) is 0.136. The molecule has 3 aromatic carbocycles. The molecule has 3 aromatic rings. The van der Waals surface area contributed by atoms with Gasteiger partial charge in [0, 0.05) is 11.6 Å². The normalized spacial score (nSPS) is 12.8. The Bertz CT molecular complexity index is 1310. The highest BCUT2D eigenvalue weighted by molar-refractivity contribution is 7.89. The van der Waals surface area contributed by atoms with Crippen molar-refractivity contribution in [3.63, 3.8) is 0 Å². The number of benzene rings is 3. The van der Waals surface area contributed by atoms with Crippen molar-refractivity contribution in [3.05, 3.63) is 95.0 Å². The van der Waals surface area contributed by atoms with Gasteiger partial charge >= 0.3 is 0 Å². The topological polar surface area (TPSA) is 135 Å². The van der Waals surface area contributed by atoms with Crippen molar-refractivity contribution >= 4 is 37.6 Å². The molecular weight excluding hydrogens is 486 g/mol. The lowest BCUT2D eigenvalue weighted by Crippen LogP contribution is -2.47. The summed E-state index contributed by atoms with van der Waals surface area (Å²) in [6.45, 7) is 0.0672. The summed E-state index contributed by atoms with van der Waals surface area (Å²) in [4.78, 5) is 12.9. The van der Waals surface area contributed by atoms with Crippen LogP contribution in [0.25, 0.3) is 0 Å². The fourth-order valence-electron chi connectivity index (χ4n) is 3.02. The standard InChI is InChI=1S/C22H22ClN3O5S2/c23-18-8-12-20(13-9-18)33(30,31)26-21(14-16-4-2-1-3-5-16)22(27)25-15-17-6-10-19(11-7-17)32(24,28)29/h1-13,21,26H,14-15H2,(H,25,27)(H2,24,28,29). The molecule has 1 unspecified atom stereocenters. The molecule has 0 aromatic heterocycles. The van der Waals surface area contributed by atoms with Gasteiger partial charge in [-0.25, -0.2) is 22.0 Å². The zero-order valence-electron chi connectivity index (χ0n) is 17.3. The van der Waals surface area contributed by atoms with Crippen LogP contribution >= 0.6 is 11.6 Å². The van der Waals surface area contributed by atoms with E-state index in [1.165, 1.54) is 48.5 Å². The van der Waals surface area contributed by atoms with Crippen LogP contribution in [0, 0.1) is 0 Å². The number of carbonyl (C=O) groups is 1. The van der Waals surface area contributed by atoms with Crippen molar-refractivity contribution in [2.45, 2.75) is 28.8 Å². The third-order valence-electron chi connectivity index (χ3n) is 4.74. The number of rotatable bonds is 9. The Morgan fingerprint density at radius 3 is 1.97 bits per heavy atom. The summed E-state index contributed by atoms with van der Waals surface area (Å²) in [6, 6.07) is 19.2. The maximum atomic E-state index is 12.9. The summed E-state index contributed by atoms with van der Waals surface area (Å²) in [6.07, 6.45) is 0.129. The summed E-state index contributed by atoms with van der Waals surface area (Å²) in [7, 11) is -7.82. The predicted octanol–water partition coefficient (Wildman–Crippen LogP) is 2.19. The van der Waals surface area contributed by atoms with E-state index in [1.54, 1.807) is 24.3 Å². The van der Waals surface area contributed by atoms with Gasteiger partial charge in [-0.05, 0) is 53.9 Å². The third kappa shape index (κ3) is 7.11. The van der Waals surface area contributed by atoms with Gasteiger partial charge in [0.2, 0.25) is 26.0 Å². The molecule has 8 nitrogen and oxygen atoms in total. The maximum Gasteiger partial charge on any atom is 0.241 e. The second kappa shape index (κ2) is 10.4. The molecule has 0 aliphatic heterocycles. The number of sulfonamides is 2. The average molecular weight is 508 g/mol. The second-order valence-electron chi connectivity index (χ2n) is 7.22. The summed E-state index contributed by atoms with van der Waals surface area (Å²) < 4.78 is 50.9. The first kappa shape index (κ1) is 24.9. The van der Waals surface area contributed by atoms with Crippen LogP contribution in [0.4, 0.5) is 0 Å². The molecule has 1 amide bonds. The number of halogens is 1. The first-order chi connectivity index (χ1) is 15.5. The first-order valence-corrected chi connectivity index (χ1v) is 13.2. The number of hydrogen-bond acceptors (Lipinski definition) is 5. The van der Waals surface area contributed by atoms with E-state index in [0.717, 1.165) is 5.56 Å². The highest BCUT2D eigenvalue weighted by Gasteiger charge is 2.26. The Kier molecular flexibility index (Phi) is 7.88. The smallest absolute Gasteiger partial charge is 0.241 e. The Morgan fingerprint density at radius 2 is 1.39 bits per heavy atom. The Labute approximate surface area is 197 Å². The van der Waals surface area contributed by atoms with Crippen LogP contribution in [0.2, 0.25) is 5.02 Å². The molecule has 0 aliphatic carbocycles.